The van der Waals surface area contributed by atoms with Crippen LogP contribution in [0.4, 0.5) is 0 Å². The number of hydrogen-bond acceptors (Lipinski definition) is 5. The van der Waals surface area contributed by atoms with E-state index >= 15 is 0 Å². The second-order valence-corrected chi connectivity index (χ2v) is 3.66. The first-order chi connectivity index (χ1) is 7.38. The summed E-state index contributed by atoms with van der Waals surface area (Å²) < 4.78 is 5.50. The molecule has 1 saturated heterocycles. The van der Waals surface area contributed by atoms with E-state index in [-0.39, 0.29) is 6.10 Å². The molecule has 1 unspecified atom stereocenters. The highest BCUT2D eigenvalue weighted by atomic mass is 16.5. The molecule has 2 N–H and O–H groups in total. The van der Waals surface area contributed by atoms with Crippen molar-refractivity contribution in [1.82, 2.24) is 14.9 Å². The maximum absolute atomic E-state index is 5.58. The third-order valence-corrected chi connectivity index (χ3v) is 2.51. The van der Waals surface area contributed by atoms with Crippen LogP contribution in [0, 0.1) is 0 Å². The highest BCUT2D eigenvalue weighted by Gasteiger charge is 2.19. The molecular weight excluding hydrogens is 192 g/mol. The number of nitrogens with zero attached hydrogens (tertiary/aromatic N) is 3. The average Bonchev–Trinajstić information content (AvgIpc) is 2.31. The first-order valence-electron chi connectivity index (χ1n) is 5.17. The van der Waals surface area contributed by atoms with Crippen LogP contribution in [-0.4, -0.2) is 47.2 Å². The van der Waals surface area contributed by atoms with Crippen molar-refractivity contribution < 1.29 is 4.74 Å². The van der Waals surface area contributed by atoms with Gasteiger partial charge in [0.25, 0.3) is 0 Å². The van der Waals surface area contributed by atoms with Crippen molar-refractivity contribution in [3.05, 3.63) is 24.3 Å². The van der Waals surface area contributed by atoms with Gasteiger partial charge in [0.05, 0.1) is 18.4 Å². The first kappa shape index (κ1) is 10.5. The zero-order valence-corrected chi connectivity index (χ0v) is 8.67. The second kappa shape index (κ2) is 5.16. The predicted octanol–water partition coefficient (Wildman–Crippen LogP) is -0.364. The molecule has 5 heteroatoms. The van der Waals surface area contributed by atoms with Crippen LogP contribution in [0.2, 0.25) is 0 Å². The number of morpholine rings is 1. The summed E-state index contributed by atoms with van der Waals surface area (Å²) in [6, 6.07) is 1.94. The Balaban J connectivity index is 1.89. The SMILES string of the molecule is NCC1CN(Cc2ccncn2)CCO1. The number of nitrogens with two attached hydrogens (primary N) is 1. The lowest BCUT2D eigenvalue weighted by atomic mass is 10.2. The van der Waals surface area contributed by atoms with Crippen LogP contribution in [0.25, 0.3) is 0 Å². The summed E-state index contributed by atoms with van der Waals surface area (Å²) in [5, 5.41) is 0. The molecule has 0 bridgehead atoms. The minimum absolute atomic E-state index is 0.167. The molecule has 0 saturated carbocycles. The summed E-state index contributed by atoms with van der Waals surface area (Å²) in [6.45, 7) is 4.02. The zero-order chi connectivity index (χ0) is 10.5. The molecule has 2 heterocycles. The van der Waals surface area contributed by atoms with E-state index in [0.29, 0.717) is 6.54 Å². The molecule has 1 aromatic rings. The fraction of sp³-hybridized carbons (Fsp3) is 0.600. The largest absolute Gasteiger partial charge is 0.374 e. The lowest BCUT2D eigenvalue weighted by molar-refractivity contribution is -0.0264. The van der Waals surface area contributed by atoms with Gasteiger partial charge in [0.1, 0.15) is 6.33 Å². The minimum Gasteiger partial charge on any atom is -0.374 e. The van der Waals surface area contributed by atoms with E-state index in [2.05, 4.69) is 14.9 Å². The summed E-state index contributed by atoms with van der Waals surface area (Å²) in [5.41, 5.74) is 6.63. The van der Waals surface area contributed by atoms with Crippen molar-refractivity contribution in [3.8, 4) is 0 Å². The molecule has 0 radical (unpaired) electrons. The van der Waals surface area contributed by atoms with Gasteiger partial charge in [0.2, 0.25) is 0 Å². The highest BCUT2D eigenvalue weighted by Crippen LogP contribution is 2.07. The topological polar surface area (TPSA) is 64.3 Å². The molecule has 2 rings (SSSR count). The molecule has 1 fully saturated rings. The third kappa shape index (κ3) is 2.95. The van der Waals surface area contributed by atoms with Gasteiger partial charge in [0.15, 0.2) is 0 Å². The van der Waals surface area contributed by atoms with Crippen LogP contribution in [0.15, 0.2) is 18.6 Å². The number of rotatable bonds is 3. The Hall–Kier alpha value is -1.04. The molecule has 1 atom stereocenters. The Labute approximate surface area is 89.3 Å². The standard InChI is InChI=1S/C10H16N4O/c11-5-10-7-14(3-4-15-10)6-9-1-2-12-8-13-9/h1-2,8,10H,3-7,11H2. The van der Waals surface area contributed by atoms with Gasteiger partial charge in [-0.3, -0.25) is 4.90 Å². The van der Waals surface area contributed by atoms with Crippen LogP contribution in [0.1, 0.15) is 5.69 Å². The highest BCUT2D eigenvalue weighted by molar-refractivity contribution is 4.97. The molecule has 5 nitrogen and oxygen atoms in total. The summed E-state index contributed by atoms with van der Waals surface area (Å²) in [6.07, 6.45) is 3.51. The second-order valence-electron chi connectivity index (χ2n) is 3.66. The minimum atomic E-state index is 0.167. The number of aromatic nitrogens is 2. The zero-order valence-electron chi connectivity index (χ0n) is 8.67. The molecule has 0 amide bonds. The maximum Gasteiger partial charge on any atom is 0.115 e. The van der Waals surface area contributed by atoms with Crippen LogP contribution < -0.4 is 5.73 Å². The van der Waals surface area contributed by atoms with E-state index in [4.69, 9.17) is 10.5 Å². The van der Waals surface area contributed by atoms with Crippen LogP contribution in [0.3, 0.4) is 0 Å². The Morgan fingerprint density at radius 2 is 2.53 bits per heavy atom. The number of hydrogen-bond donors (Lipinski definition) is 1. The van der Waals surface area contributed by atoms with Crippen LogP contribution in [0.5, 0.6) is 0 Å². The van der Waals surface area contributed by atoms with Gasteiger partial charge in [-0.2, -0.15) is 0 Å². The summed E-state index contributed by atoms with van der Waals surface area (Å²) in [7, 11) is 0. The van der Waals surface area contributed by atoms with E-state index in [1.165, 1.54) is 0 Å². The van der Waals surface area contributed by atoms with Crippen molar-refractivity contribution in [2.75, 3.05) is 26.2 Å². The van der Waals surface area contributed by atoms with Gasteiger partial charge >= 0.3 is 0 Å². The summed E-state index contributed by atoms with van der Waals surface area (Å²) >= 11 is 0. The molecule has 0 aromatic carbocycles. The van der Waals surface area contributed by atoms with Gasteiger partial charge in [0, 0.05) is 32.4 Å². The lowest BCUT2D eigenvalue weighted by Crippen LogP contribution is -2.45. The summed E-state index contributed by atoms with van der Waals surface area (Å²) in [5.74, 6) is 0. The lowest BCUT2D eigenvalue weighted by Gasteiger charge is -2.31. The van der Waals surface area contributed by atoms with Gasteiger partial charge in [-0.15, -0.1) is 0 Å². The summed E-state index contributed by atoms with van der Waals surface area (Å²) in [4.78, 5) is 10.4. The Morgan fingerprint density at radius 3 is 3.27 bits per heavy atom. The van der Waals surface area contributed by atoms with Gasteiger partial charge in [-0.25, -0.2) is 9.97 Å². The molecular formula is C10H16N4O. The monoisotopic (exact) mass is 208 g/mol. The van der Waals surface area contributed by atoms with Crippen molar-refractivity contribution in [3.63, 3.8) is 0 Å². The smallest absolute Gasteiger partial charge is 0.115 e. The van der Waals surface area contributed by atoms with Crippen LogP contribution >= 0.6 is 0 Å². The fourth-order valence-electron chi connectivity index (χ4n) is 1.71. The van der Waals surface area contributed by atoms with Crippen molar-refractivity contribution in [1.29, 1.82) is 0 Å². The maximum atomic E-state index is 5.58. The molecule has 0 spiro atoms. The van der Waals surface area contributed by atoms with Crippen molar-refractivity contribution >= 4 is 0 Å². The van der Waals surface area contributed by atoms with Crippen molar-refractivity contribution in [2.45, 2.75) is 12.6 Å². The van der Waals surface area contributed by atoms with E-state index < -0.39 is 0 Å². The van der Waals surface area contributed by atoms with E-state index in [1.54, 1.807) is 12.5 Å². The fourth-order valence-corrected chi connectivity index (χ4v) is 1.71. The Morgan fingerprint density at radius 1 is 1.60 bits per heavy atom. The van der Waals surface area contributed by atoms with Crippen LogP contribution in [-0.2, 0) is 11.3 Å². The normalized spacial score (nSPS) is 22.9. The molecule has 15 heavy (non-hydrogen) atoms. The van der Waals surface area contributed by atoms with E-state index in [1.807, 2.05) is 6.07 Å². The molecule has 1 aromatic heterocycles. The predicted molar refractivity (Wildman–Crippen MR) is 56.1 cm³/mol. The molecule has 82 valence electrons. The van der Waals surface area contributed by atoms with Gasteiger partial charge in [-0.1, -0.05) is 0 Å². The van der Waals surface area contributed by atoms with E-state index in [0.717, 1.165) is 31.9 Å². The number of ether oxygens (including phenoxy) is 1. The van der Waals surface area contributed by atoms with Gasteiger partial charge < -0.3 is 10.5 Å². The molecule has 0 aliphatic carbocycles. The Kier molecular flexibility index (Phi) is 3.60. The Bertz CT molecular complexity index is 293. The quantitative estimate of drug-likeness (QED) is 0.734. The van der Waals surface area contributed by atoms with Crippen molar-refractivity contribution in [2.24, 2.45) is 5.73 Å². The van der Waals surface area contributed by atoms with E-state index in [9.17, 15) is 0 Å². The first-order valence-corrected chi connectivity index (χ1v) is 5.17. The third-order valence-electron chi connectivity index (χ3n) is 2.51. The van der Waals surface area contributed by atoms with Gasteiger partial charge in [-0.05, 0) is 6.07 Å². The molecule has 1 aliphatic heterocycles. The molecule has 1 aliphatic rings. The average molecular weight is 208 g/mol.